The number of carbonyl (C=O) groups excluding carboxylic acids is 2. The Bertz CT molecular complexity index is 482. The molecule has 2 aliphatic rings. The lowest BCUT2D eigenvalue weighted by Crippen LogP contribution is -2.57. The van der Waals surface area contributed by atoms with Crippen molar-refractivity contribution in [1.82, 2.24) is 9.80 Å². The molecular weight excluding hydrogens is 359 g/mol. The number of amides is 2. The van der Waals surface area contributed by atoms with Gasteiger partial charge in [-0.2, -0.15) is 13.2 Å². The van der Waals surface area contributed by atoms with Gasteiger partial charge in [0.2, 0.25) is 11.8 Å². The summed E-state index contributed by atoms with van der Waals surface area (Å²) in [6, 6.07) is 0. The highest BCUT2D eigenvalue weighted by Gasteiger charge is 2.42. The van der Waals surface area contributed by atoms with Gasteiger partial charge in [0, 0.05) is 19.6 Å². The topological polar surface area (TPSA) is 66.6 Å². The Morgan fingerprint density at radius 2 is 1.84 bits per heavy atom. The van der Waals surface area contributed by atoms with Gasteiger partial charge in [-0.3, -0.25) is 9.59 Å². The summed E-state index contributed by atoms with van der Waals surface area (Å²) in [6.45, 7) is 0.984. The number of halogens is 4. The molecule has 146 valence electrons. The van der Waals surface area contributed by atoms with E-state index in [9.17, 15) is 22.8 Å². The molecule has 0 spiro atoms. The molecule has 0 aromatic rings. The molecule has 2 N–H and O–H groups in total. The molecule has 0 radical (unpaired) electrons. The largest absolute Gasteiger partial charge is 0.406 e. The standard InChI is InChI=1S/C16H26F3N3O2.ClH/c1-2-21(11-16(17,18)19)13(23)12-6-5-9-22(10-12)14(24)15(20)7-3-4-8-15;/h12H,2-11,20H2,1H3;1H. The van der Waals surface area contributed by atoms with Gasteiger partial charge in [-0.1, -0.05) is 12.8 Å². The number of carbonyl (C=O) groups is 2. The van der Waals surface area contributed by atoms with E-state index in [1.165, 1.54) is 6.92 Å². The van der Waals surface area contributed by atoms with Crippen molar-refractivity contribution >= 4 is 24.2 Å². The summed E-state index contributed by atoms with van der Waals surface area (Å²) in [5.41, 5.74) is 5.33. The summed E-state index contributed by atoms with van der Waals surface area (Å²) in [6.07, 6.45) is -0.204. The fraction of sp³-hybridized carbons (Fsp3) is 0.875. The first kappa shape index (κ1) is 22.0. The van der Waals surface area contributed by atoms with E-state index in [0.29, 0.717) is 32.2 Å². The van der Waals surface area contributed by atoms with E-state index in [-0.39, 0.29) is 31.4 Å². The lowest BCUT2D eigenvalue weighted by molar-refractivity contribution is -0.165. The molecule has 1 saturated carbocycles. The average molecular weight is 386 g/mol. The molecule has 1 atom stereocenters. The number of nitrogens with two attached hydrogens (primary N) is 1. The maximum atomic E-state index is 12.7. The van der Waals surface area contributed by atoms with Gasteiger partial charge in [0.25, 0.3) is 0 Å². The number of hydrogen-bond acceptors (Lipinski definition) is 3. The monoisotopic (exact) mass is 385 g/mol. The Hall–Kier alpha value is -1.02. The molecule has 5 nitrogen and oxygen atoms in total. The Balaban J connectivity index is 0.00000312. The van der Waals surface area contributed by atoms with Gasteiger partial charge in [0.1, 0.15) is 6.54 Å². The van der Waals surface area contributed by atoms with Crippen LogP contribution in [0, 0.1) is 5.92 Å². The Labute approximate surface area is 152 Å². The van der Waals surface area contributed by atoms with Gasteiger partial charge < -0.3 is 15.5 Å². The summed E-state index contributed by atoms with van der Waals surface area (Å²) in [4.78, 5) is 27.5. The van der Waals surface area contributed by atoms with Crippen LogP contribution in [0.2, 0.25) is 0 Å². The second kappa shape index (κ2) is 8.58. The molecule has 1 saturated heterocycles. The molecule has 2 rings (SSSR count). The molecule has 1 aliphatic carbocycles. The smallest absolute Gasteiger partial charge is 0.340 e. The maximum Gasteiger partial charge on any atom is 0.406 e. The molecule has 9 heteroatoms. The molecule has 0 aromatic carbocycles. The van der Waals surface area contributed by atoms with Gasteiger partial charge in [-0.05, 0) is 32.6 Å². The number of hydrogen-bond donors (Lipinski definition) is 1. The third kappa shape index (κ3) is 5.48. The third-order valence-electron chi connectivity index (χ3n) is 5.04. The first-order chi connectivity index (χ1) is 11.2. The van der Waals surface area contributed by atoms with Crippen molar-refractivity contribution in [2.45, 2.75) is 57.2 Å². The fourth-order valence-electron chi connectivity index (χ4n) is 3.72. The van der Waals surface area contributed by atoms with Crippen molar-refractivity contribution in [3.8, 4) is 0 Å². The van der Waals surface area contributed by atoms with Gasteiger partial charge in [-0.15, -0.1) is 12.4 Å². The van der Waals surface area contributed by atoms with Crippen LogP contribution in [0.15, 0.2) is 0 Å². The van der Waals surface area contributed by atoms with E-state index in [1.54, 1.807) is 4.90 Å². The fourth-order valence-corrected chi connectivity index (χ4v) is 3.72. The second-order valence-electron chi connectivity index (χ2n) is 6.92. The van der Waals surface area contributed by atoms with Crippen LogP contribution >= 0.6 is 12.4 Å². The molecule has 2 amide bonds. The maximum absolute atomic E-state index is 12.7. The van der Waals surface area contributed by atoms with E-state index in [0.717, 1.165) is 17.7 Å². The Morgan fingerprint density at radius 1 is 1.24 bits per heavy atom. The highest BCUT2D eigenvalue weighted by atomic mass is 35.5. The van der Waals surface area contributed by atoms with Gasteiger partial charge in [-0.25, -0.2) is 0 Å². The molecular formula is C16H27ClF3N3O2. The summed E-state index contributed by atoms with van der Waals surface area (Å²) in [5.74, 6) is -1.25. The van der Waals surface area contributed by atoms with Crippen molar-refractivity contribution in [2.24, 2.45) is 11.7 Å². The highest BCUT2D eigenvalue weighted by Crippen LogP contribution is 2.31. The zero-order valence-corrected chi connectivity index (χ0v) is 15.3. The van der Waals surface area contributed by atoms with Gasteiger partial charge >= 0.3 is 6.18 Å². The van der Waals surface area contributed by atoms with E-state index in [1.807, 2.05) is 0 Å². The predicted molar refractivity (Wildman–Crippen MR) is 90.2 cm³/mol. The average Bonchev–Trinajstić information content (AvgIpc) is 2.98. The molecule has 0 bridgehead atoms. The van der Waals surface area contributed by atoms with Crippen molar-refractivity contribution in [1.29, 1.82) is 0 Å². The lowest BCUT2D eigenvalue weighted by atomic mass is 9.92. The number of nitrogens with zero attached hydrogens (tertiary/aromatic N) is 2. The van der Waals surface area contributed by atoms with Crippen molar-refractivity contribution in [2.75, 3.05) is 26.2 Å². The van der Waals surface area contributed by atoms with Gasteiger partial charge in [0.05, 0.1) is 11.5 Å². The minimum Gasteiger partial charge on any atom is -0.340 e. The quantitative estimate of drug-likeness (QED) is 0.807. The van der Waals surface area contributed by atoms with Crippen molar-refractivity contribution in [3.05, 3.63) is 0 Å². The molecule has 1 aliphatic heterocycles. The minimum absolute atomic E-state index is 0. The molecule has 2 fully saturated rings. The zero-order chi connectivity index (χ0) is 18.0. The molecule has 1 unspecified atom stereocenters. The first-order valence-corrected chi connectivity index (χ1v) is 8.60. The van der Waals surface area contributed by atoms with Crippen LogP contribution < -0.4 is 5.73 Å². The third-order valence-corrected chi connectivity index (χ3v) is 5.04. The van der Waals surface area contributed by atoms with Crippen LogP contribution in [0.1, 0.15) is 45.4 Å². The number of rotatable bonds is 4. The summed E-state index contributed by atoms with van der Waals surface area (Å²) >= 11 is 0. The number of likely N-dealkylation sites (tertiary alicyclic amines) is 1. The minimum atomic E-state index is -4.42. The van der Waals surface area contributed by atoms with Crippen LogP contribution in [0.5, 0.6) is 0 Å². The molecule has 0 aromatic heterocycles. The Kier molecular flexibility index (Phi) is 7.55. The second-order valence-corrected chi connectivity index (χ2v) is 6.92. The van der Waals surface area contributed by atoms with Gasteiger partial charge in [0.15, 0.2) is 0 Å². The number of alkyl halides is 3. The van der Waals surface area contributed by atoms with Crippen LogP contribution in [-0.2, 0) is 9.59 Å². The van der Waals surface area contributed by atoms with Crippen LogP contribution in [-0.4, -0.2) is 59.5 Å². The van der Waals surface area contributed by atoms with Crippen molar-refractivity contribution in [3.63, 3.8) is 0 Å². The van der Waals surface area contributed by atoms with E-state index in [2.05, 4.69) is 0 Å². The SMILES string of the molecule is CCN(CC(F)(F)F)C(=O)C1CCCN(C(=O)C2(N)CCCC2)C1.Cl. The van der Waals surface area contributed by atoms with E-state index < -0.39 is 30.1 Å². The molecule has 25 heavy (non-hydrogen) atoms. The van der Waals surface area contributed by atoms with E-state index >= 15 is 0 Å². The summed E-state index contributed by atoms with van der Waals surface area (Å²) in [5, 5.41) is 0. The zero-order valence-electron chi connectivity index (χ0n) is 14.5. The Morgan fingerprint density at radius 3 is 2.36 bits per heavy atom. The predicted octanol–water partition coefficient (Wildman–Crippen LogP) is 2.33. The highest BCUT2D eigenvalue weighted by molar-refractivity contribution is 5.87. The van der Waals surface area contributed by atoms with Crippen LogP contribution in [0.3, 0.4) is 0 Å². The number of piperidine rings is 1. The first-order valence-electron chi connectivity index (χ1n) is 8.60. The normalized spacial score (nSPS) is 23.1. The van der Waals surface area contributed by atoms with Crippen molar-refractivity contribution < 1.29 is 22.8 Å². The lowest BCUT2D eigenvalue weighted by Gasteiger charge is -2.38. The van der Waals surface area contributed by atoms with Crippen LogP contribution in [0.25, 0.3) is 0 Å². The summed E-state index contributed by atoms with van der Waals surface area (Å²) < 4.78 is 37.8. The van der Waals surface area contributed by atoms with Crippen LogP contribution in [0.4, 0.5) is 13.2 Å². The summed E-state index contributed by atoms with van der Waals surface area (Å²) in [7, 11) is 0. The van der Waals surface area contributed by atoms with E-state index in [4.69, 9.17) is 5.73 Å². The molecule has 1 heterocycles.